The van der Waals surface area contributed by atoms with Crippen molar-refractivity contribution in [1.82, 2.24) is 4.72 Å². The molecule has 2 rings (SSSR count). The molecule has 110 valence electrons. The molecule has 0 fully saturated rings. The number of methoxy groups -OCH3 is 1. The first-order chi connectivity index (χ1) is 9.44. The molecule has 1 atom stereocenters. The van der Waals surface area contributed by atoms with Crippen LogP contribution in [0.1, 0.15) is 24.8 Å². The molecule has 0 aliphatic heterocycles. The van der Waals surface area contributed by atoms with E-state index in [1.807, 2.05) is 13.0 Å². The summed E-state index contributed by atoms with van der Waals surface area (Å²) in [5.74, 6) is 0.315. The third-order valence-corrected chi connectivity index (χ3v) is 4.97. The number of nitrogens with one attached hydrogen (secondary N) is 1. The van der Waals surface area contributed by atoms with Crippen molar-refractivity contribution in [2.24, 2.45) is 0 Å². The summed E-state index contributed by atoms with van der Waals surface area (Å²) in [5, 5.41) is 0. The molecule has 20 heavy (non-hydrogen) atoms. The summed E-state index contributed by atoms with van der Waals surface area (Å²) in [5.41, 5.74) is 7.05. The van der Waals surface area contributed by atoms with Crippen molar-refractivity contribution < 1.29 is 13.2 Å². The molecule has 5 nitrogen and oxygen atoms in total. The lowest BCUT2D eigenvalue weighted by Crippen LogP contribution is -2.35. The van der Waals surface area contributed by atoms with Crippen LogP contribution >= 0.6 is 0 Å². The molecule has 3 N–H and O–H groups in total. The van der Waals surface area contributed by atoms with Gasteiger partial charge < -0.3 is 10.5 Å². The van der Waals surface area contributed by atoms with Gasteiger partial charge >= 0.3 is 0 Å². The van der Waals surface area contributed by atoms with Gasteiger partial charge in [-0.1, -0.05) is 12.2 Å². The Morgan fingerprint density at radius 3 is 2.70 bits per heavy atom. The van der Waals surface area contributed by atoms with Gasteiger partial charge in [-0.05, 0) is 43.9 Å². The van der Waals surface area contributed by atoms with E-state index >= 15 is 0 Å². The fourth-order valence-electron chi connectivity index (χ4n) is 2.23. The van der Waals surface area contributed by atoms with E-state index in [9.17, 15) is 8.42 Å². The number of nitrogens with two attached hydrogens (primary N) is 1. The van der Waals surface area contributed by atoms with Crippen LogP contribution in [-0.2, 0) is 10.0 Å². The lowest BCUT2D eigenvalue weighted by Gasteiger charge is -2.20. The normalized spacial score (nSPS) is 19.0. The number of hydrogen-bond donors (Lipinski definition) is 2. The van der Waals surface area contributed by atoms with Gasteiger partial charge in [0.2, 0.25) is 10.0 Å². The van der Waals surface area contributed by atoms with E-state index in [0.717, 1.165) is 18.4 Å². The van der Waals surface area contributed by atoms with Crippen LogP contribution < -0.4 is 15.2 Å². The second-order valence-electron chi connectivity index (χ2n) is 4.96. The monoisotopic (exact) mass is 296 g/mol. The van der Waals surface area contributed by atoms with E-state index in [1.54, 1.807) is 6.07 Å². The minimum atomic E-state index is -3.63. The Morgan fingerprint density at radius 2 is 2.10 bits per heavy atom. The highest BCUT2D eigenvalue weighted by atomic mass is 32.2. The molecule has 1 aromatic rings. The van der Waals surface area contributed by atoms with Crippen LogP contribution in [0.2, 0.25) is 0 Å². The molecule has 0 amide bonds. The summed E-state index contributed by atoms with van der Waals surface area (Å²) in [7, 11) is -2.18. The lowest BCUT2D eigenvalue weighted by molar-refractivity contribution is 0.401. The standard InChI is InChI=1S/C14H20N2O3S/c1-10-8-13(19-2)14(9-12(10)15)20(17,18)16-11-6-4-3-5-7-11/h3-4,8-9,11,16H,5-7,15H2,1-2H3. The second-order valence-corrected chi connectivity index (χ2v) is 6.64. The third-order valence-electron chi connectivity index (χ3n) is 3.43. The zero-order valence-corrected chi connectivity index (χ0v) is 12.5. The molecule has 0 saturated carbocycles. The topological polar surface area (TPSA) is 81.4 Å². The number of ether oxygens (including phenoxy) is 1. The van der Waals surface area contributed by atoms with Crippen LogP contribution in [0, 0.1) is 6.92 Å². The van der Waals surface area contributed by atoms with Gasteiger partial charge in [0.15, 0.2) is 0 Å². The fourth-order valence-corrected chi connectivity index (χ4v) is 3.70. The molecule has 1 unspecified atom stereocenters. The number of benzene rings is 1. The number of rotatable bonds is 4. The van der Waals surface area contributed by atoms with E-state index in [-0.39, 0.29) is 10.9 Å². The Hall–Kier alpha value is -1.53. The van der Waals surface area contributed by atoms with Crippen LogP contribution in [0.5, 0.6) is 5.75 Å². The van der Waals surface area contributed by atoms with Crippen molar-refractivity contribution in [1.29, 1.82) is 0 Å². The Labute approximate surface area is 119 Å². The zero-order chi connectivity index (χ0) is 14.8. The first kappa shape index (κ1) is 14.9. The van der Waals surface area contributed by atoms with Crippen molar-refractivity contribution >= 4 is 15.7 Å². The summed E-state index contributed by atoms with van der Waals surface area (Å²) >= 11 is 0. The van der Waals surface area contributed by atoms with Crippen LogP contribution in [0.15, 0.2) is 29.2 Å². The lowest BCUT2D eigenvalue weighted by atomic mass is 10.0. The molecule has 1 aliphatic rings. The molecule has 1 aromatic carbocycles. The third kappa shape index (κ3) is 3.13. The summed E-state index contributed by atoms with van der Waals surface area (Å²) in [6, 6.07) is 3.03. The fraction of sp³-hybridized carbons (Fsp3) is 0.429. The largest absolute Gasteiger partial charge is 0.495 e. The first-order valence-corrected chi connectivity index (χ1v) is 8.04. The van der Waals surface area contributed by atoms with Gasteiger partial charge in [-0.25, -0.2) is 13.1 Å². The van der Waals surface area contributed by atoms with Gasteiger partial charge in [-0.15, -0.1) is 0 Å². The molecule has 0 saturated heterocycles. The van der Waals surface area contributed by atoms with E-state index in [1.165, 1.54) is 13.2 Å². The van der Waals surface area contributed by atoms with Crippen LogP contribution in [0.4, 0.5) is 5.69 Å². The quantitative estimate of drug-likeness (QED) is 0.657. The Morgan fingerprint density at radius 1 is 1.35 bits per heavy atom. The van der Waals surface area contributed by atoms with E-state index in [4.69, 9.17) is 10.5 Å². The van der Waals surface area contributed by atoms with Crippen molar-refractivity contribution in [2.75, 3.05) is 12.8 Å². The van der Waals surface area contributed by atoms with Gasteiger partial charge in [-0.3, -0.25) is 0 Å². The van der Waals surface area contributed by atoms with E-state index < -0.39 is 10.0 Å². The van der Waals surface area contributed by atoms with Crippen LogP contribution in [-0.4, -0.2) is 21.6 Å². The van der Waals surface area contributed by atoms with Crippen LogP contribution in [0.3, 0.4) is 0 Å². The predicted molar refractivity (Wildman–Crippen MR) is 79.2 cm³/mol. The molecule has 0 aromatic heterocycles. The number of aryl methyl sites for hydroxylation is 1. The second kappa shape index (κ2) is 5.85. The molecule has 6 heteroatoms. The van der Waals surface area contributed by atoms with Crippen molar-refractivity contribution in [3.63, 3.8) is 0 Å². The number of hydrogen-bond acceptors (Lipinski definition) is 4. The minimum Gasteiger partial charge on any atom is -0.495 e. The highest BCUT2D eigenvalue weighted by Crippen LogP contribution is 2.29. The maximum atomic E-state index is 12.5. The molecule has 0 radical (unpaired) electrons. The molecular weight excluding hydrogens is 276 g/mol. The SMILES string of the molecule is COc1cc(C)c(N)cc1S(=O)(=O)NC1CC=CCC1. The number of sulfonamides is 1. The number of allylic oxidation sites excluding steroid dienone is 1. The highest BCUT2D eigenvalue weighted by Gasteiger charge is 2.24. The zero-order valence-electron chi connectivity index (χ0n) is 11.7. The van der Waals surface area contributed by atoms with Crippen molar-refractivity contribution in [2.45, 2.75) is 37.1 Å². The number of nitrogen functional groups attached to an aromatic ring is 1. The highest BCUT2D eigenvalue weighted by molar-refractivity contribution is 7.89. The van der Waals surface area contributed by atoms with Crippen molar-refractivity contribution in [3.8, 4) is 5.75 Å². The molecular formula is C14H20N2O3S. The maximum Gasteiger partial charge on any atom is 0.244 e. The van der Waals surface area contributed by atoms with Gasteiger partial charge in [0.05, 0.1) is 7.11 Å². The number of anilines is 1. The summed E-state index contributed by atoms with van der Waals surface area (Å²) in [6.45, 7) is 1.81. The summed E-state index contributed by atoms with van der Waals surface area (Å²) in [6.07, 6.45) is 6.47. The first-order valence-electron chi connectivity index (χ1n) is 6.55. The molecule has 0 heterocycles. The average molecular weight is 296 g/mol. The van der Waals surface area contributed by atoms with E-state index in [2.05, 4.69) is 10.8 Å². The summed E-state index contributed by atoms with van der Waals surface area (Å²) in [4.78, 5) is 0.0950. The van der Waals surface area contributed by atoms with Crippen molar-refractivity contribution in [3.05, 3.63) is 29.8 Å². The Kier molecular flexibility index (Phi) is 4.35. The molecule has 1 aliphatic carbocycles. The average Bonchev–Trinajstić information content (AvgIpc) is 2.42. The summed E-state index contributed by atoms with van der Waals surface area (Å²) < 4.78 is 32.8. The van der Waals surface area contributed by atoms with Gasteiger partial charge in [0.25, 0.3) is 0 Å². The van der Waals surface area contributed by atoms with E-state index in [0.29, 0.717) is 17.9 Å². The smallest absolute Gasteiger partial charge is 0.244 e. The van der Waals surface area contributed by atoms with Gasteiger partial charge in [-0.2, -0.15) is 0 Å². The minimum absolute atomic E-state index is 0.0720. The predicted octanol–water partition coefficient (Wildman–Crippen LogP) is 1.97. The molecule has 0 bridgehead atoms. The van der Waals surface area contributed by atoms with Crippen LogP contribution in [0.25, 0.3) is 0 Å². The van der Waals surface area contributed by atoms with Gasteiger partial charge in [0, 0.05) is 11.7 Å². The maximum absolute atomic E-state index is 12.5. The van der Waals surface area contributed by atoms with Gasteiger partial charge in [0.1, 0.15) is 10.6 Å². The Balaban J connectivity index is 2.33. The molecule has 0 spiro atoms. The Bertz CT molecular complexity index is 624.